The fourth-order valence-electron chi connectivity index (χ4n) is 0.753. The number of allylic oxidation sites excluding steroid dienone is 2. The van der Waals surface area contributed by atoms with Crippen LogP contribution < -0.4 is 5.32 Å². The fraction of sp³-hybridized carbons (Fsp3) is 0.625. The molecule has 2 heteroatoms. The minimum absolute atomic E-state index is 0.246. The Labute approximate surface area is 62.8 Å². The highest BCUT2D eigenvalue weighted by molar-refractivity contribution is 5.60. The quantitative estimate of drug-likeness (QED) is 0.441. The van der Waals surface area contributed by atoms with Crippen LogP contribution in [0.3, 0.4) is 0 Å². The molecule has 0 radical (unpaired) electrons. The van der Waals surface area contributed by atoms with Crippen LogP contribution in [0.2, 0.25) is 0 Å². The van der Waals surface area contributed by atoms with E-state index in [0.717, 1.165) is 12.8 Å². The number of hydrogen-bond donors (Lipinski definition) is 2. The first-order valence-electron chi connectivity index (χ1n) is 3.64. The van der Waals surface area contributed by atoms with Gasteiger partial charge in [-0.1, -0.05) is 12.2 Å². The van der Waals surface area contributed by atoms with E-state index < -0.39 is 0 Å². The molecule has 0 amide bonds. The second kappa shape index (κ2) is 6.49. The maximum atomic E-state index is 6.98. The summed E-state index contributed by atoms with van der Waals surface area (Å²) in [5, 5.41) is 10.0. The van der Waals surface area contributed by atoms with E-state index in [1.807, 2.05) is 20.0 Å². The van der Waals surface area contributed by atoms with Gasteiger partial charge in [-0.15, -0.1) is 0 Å². The Bertz CT molecular complexity index is 108. The van der Waals surface area contributed by atoms with Gasteiger partial charge in [0, 0.05) is 12.3 Å². The van der Waals surface area contributed by atoms with E-state index in [0.29, 0.717) is 0 Å². The van der Waals surface area contributed by atoms with Crippen molar-refractivity contribution in [3.05, 3.63) is 12.2 Å². The van der Waals surface area contributed by atoms with Crippen molar-refractivity contribution in [1.82, 2.24) is 5.32 Å². The first-order chi connectivity index (χ1) is 4.85. The van der Waals surface area contributed by atoms with Gasteiger partial charge in [-0.2, -0.15) is 0 Å². The minimum Gasteiger partial charge on any atom is -0.312 e. The monoisotopic (exact) mass is 140 g/mol. The highest BCUT2D eigenvalue weighted by Gasteiger charge is 1.97. The summed E-state index contributed by atoms with van der Waals surface area (Å²) < 4.78 is 0. The van der Waals surface area contributed by atoms with Crippen LogP contribution in [0.25, 0.3) is 0 Å². The highest BCUT2D eigenvalue weighted by atomic mass is 14.9. The molecule has 0 aliphatic rings. The van der Waals surface area contributed by atoms with Crippen molar-refractivity contribution in [2.75, 3.05) is 7.05 Å². The van der Waals surface area contributed by atoms with Crippen molar-refractivity contribution in [3.8, 4) is 0 Å². The molecule has 0 aromatic heterocycles. The lowest BCUT2D eigenvalue weighted by Gasteiger charge is -2.06. The van der Waals surface area contributed by atoms with Gasteiger partial charge >= 0.3 is 0 Å². The maximum absolute atomic E-state index is 6.98. The van der Waals surface area contributed by atoms with Gasteiger partial charge in [0.05, 0.1) is 0 Å². The predicted molar refractivity (Wildman–Crippen MR) is 45.7 cm³/mol. The molecule has 0 fully saturated rings. The standard InChI is InChI=1S/C8H16N2/c1-3-4-5-6-8(7-9)10-2/h3-4,7-10H,5-6H2,1-2H3. The van der Waals surface area contributed by atoms with Crippen LogP contribution in [-0.2, 0) is 0 Å². The Hall–Kier alpha value is -0.630. The first-order valence-corrected chi connectivity index (χ1v) is 3.64. The molecular weight excluding hydrogens is 124 g/mol. The summed E-state index contributed by atoms with van der Waals surface area (Å²) in [5.41, 5.74) is 0. The van der Waals surface area contributed by atoms with E-state index >= 15 is 0 Å². The van der Waals surface area contributed by atoms with Crippen molar-refractivity contribution >= 4 is 6.21 Å². The third-order valence-corrected chi connectivity index (χ3v) is 1.45. The van der Waals surface area contributed by atoms with Gasteiger partial charge in [-0.25, -0.2) is 0 Å². The van der Waals surface area contributed by atoms with E-state index in [2.05, 4.69) is 11.4 Å². The van der Waals surface area contributed by atoms with E-state index in [1.165, 1.54) is 6.21 Å². The third-order valence-electron chi connectivity index (χ3n) is 1.45. The van der Waals surface area contributed by atoms with Crippen LogP contribution in [0, 0.1) is 5.41 Å². The zero-order valence-electron chi connectivity index (χ0n) is 6.72. The molecule has 10 heavy (non-hydrogen) atoms. The number of hydrogen-bond acceptors (Lipinski definition) is 2. The van der Waals surface area contributed by atoms with Gasteiger partial charge < -0.3 is 10.7 Å². The second-order valence-electron chi connectivity index (χ2n) is 2.21. The summed E-state index contributed by atoms with van der Waals surface area (Å²) in [6.45, 7) is 2.01. The Morgan fingerprint density at radius 1 is 1.60 bits per heavy atom. The topological polar surface area (TPSA) is 35.9 Å². The molecule has 0 aliphatic carbocycles. The first kappa shape index (κ1) is 9.37. The van der Waals surface area contributed by atoms with E-state index in [1.54, 1.807) is 0 Å². The molecule has 2 N–H and O–H groups in total. The molecule has 0 heterocycles. The van der Waals surface area contributed by atoms with Crippen molar-refractivity contribution in [2.24, 2.45) is 0 Å². The fourth-order valence-corrected chi connectivity index (χ4v) is 0.753. The largest absolute Gasteiger partial charge is 0.312 e. The lowest BCUT2D eigenvalue weighted by Crippen LogP contribution is -2.25. The molecule has 0 aromatic rings. The lowest BCUT2D eigenvalue weighted by molar-refractivity contribution is 0.657. The molecule has 2 nitrogen and oxygen atoms in total. The van der Waals surface area contributed by atoms with E-state index in [-0.39, 0.29) is 6.04 Å². The van der Waals surface area contributed by atoms with Gasteiger partial charge in [-0.05, 0) is 26.8 Å². The Balaban J connectivity index is 3.34. The van der Waals surface area contributed by atoms with Gasteiger partial charge in [-0.3, -0.25) is 0 Å². The maximum Gasteiger partial charge on any atom is 0.0418 e. The summed E-state index contributed by atoms with van der Waals surface area (Å²) in [6, 6.07) is 0.246. The molecule has 0 bridgehead atoms. The van der Waals surface area contributed by atoms with Gasteiger partial charge in [0.25, 0.3) is 0 Å². The molecule has 0 aliphatic heterocycles. The van der Waals surface area contributed by atoms with Gasteiger partial charge in [0.15, 0.2) is 0 Å². The zero-order chi connectivity index (χ0) is 7.82. The van der Waals surface area contributed by atoms with Crippen molar-refractivity contribution in [2.45, 2.75) is 25.8 Å². The van der Waals surface area contributed by atoms with Crippen molar-refractivity contribution < 1.29 is 0 Å². The van der Waals surface area contributed by atoms with Crippen molar-refractivity contribution in [3.63, 3.8) is 0 Å². The summed E-state index contributed by atoms with van der Waals surface area (Å²) >= 11 is 0. The van der Waals surface area contributed by atoms with Crippen LogP contribution >= 0.6 is 0 Å². The molecule has 0 saturated heterocycles. The Morgan fingerprint density at radius 2 is 2.30 bits per heavy atom. The van der Waals surface area contributed by atoms with Crippen LogP contribution in [0.15, 0.2) is 12.2 Å². The average Bonchev–Trinajstić information content (AvgIpc) is 1.99. The molecule has 58 valence electrons. The summed E-state index contributed by atoms with van der Waals surface area (Å²) in [7, 11) is 1.88. The van der Waals surface area contributed by atoms with E-state index in [4.69, 9.17) is 5.41 Å². The molecule has 0 saturated carbocycles. The van der Waals surface area contributed by atoms with Crippen LogP contribution in [0.5, 0.6) is 0 Å². The van der Waals surface area contributed by atoms with Gasteiger partial charge in [0.2, 0.25) is 0 Å². The summed E-state index contributed by atoms with van der Waals surface area (Å²) in [5.74, 6) is 0. The van der Waals surface area contributed by atoms with Crippen LogP contribution in [0.4, 0.5) is 0 Å². The Morgan fingerprint density at radius 3 is 2.70 bits per heavy atom. The average molecular weight is 140 g/mol. The Kier molecular flexibility index (Phi) is 6.08. The molecular formula is C8H16N2. The lowest BCUT2D eigenvalue weighted by atomic mass is 10.2. The molecule has 0 spiro atoms. The van der Waals surface area contributed by atoms with Crippen LogP contribution in [0.1, 0.15) is 19.8 Å². The predicted octanol–water partition coefficient (Wildman–Crippen LogP) is 1.58. The number of rotatable bonds is 5. The summed E-state index contributed by atoms with van der Waals surface area (Å²) in [6.07, 6.45) is 7.68. The normalized spacial score (nSPS) is 13.8. The van der Waals surface area contributed by atoms with Crippen molar-refractivity contribution in [1.29, 1.82) is 5.41 Å². The molecule has 0 aromatic carbocycles. The van der Waals surface area contributed by atoms with E-state index in [9.17, 15) is 0 Å². The zero-order valence-corrected chi connectivity index (χ0v) is 6.72. The highest BCUT2D eigenvalue weighted by Crippen LogP contribution is 1.94. The van der Waals surface area contributed by atoms with Crippen LogP contribution in [-0.4, -0.2) is 19.3 Å². The van der Waals surface area contributed by atoms with Gasteiger partial charge in [0.1, 0.15) is 0 Å². The summed E-state index contributed by atoms with van der Waals surface area (Å²) in [4.78, 5) is 0. The molecule has 1 atom stereocenters. The third kappa shape index (κ3) is 4.27. The minimum atomic E-state index is 0.246. The molecule has 1 unspecified atom stereocenters. The smallest absolute Gasteiger partial charge is 0.0418 e. The molecule has 0 rings (SSSR count). The second-order valence-corrected chi connectivity index (χ2v) is 2.21. The SMILES string of the molecule is CC=CCCC(C=N)NC. The number of nitrogens with one attached hydrogen (secondary N) is 2.